The van der Waals surface area contributed by atoms with Gasteiger partial charge in [0, 0.05) is 24.2 Å². The van der Waals surface area contributed by atoms with Gasteiger partial charge in [0.2, 0.25) is 0 Å². The van der Waals surface area contributed by atoms with E-state index in [1.165, 1.54) is 13.0 Å². The van der Waals surface area contributed by atoms with Crippen molar-refractivity contribution in [2.24, 2.45) is 11.8 Å². The van der Waals surface area contributed by atoms with E-state index >= 15 is 0 Å². The number of hydrogen-bond donors (Lipinski definition) is 0. The van der Waals surface area contributed by atoms with Crippen LogP contribution in [0.4, 0.5) is 0 Å². The maximum Gasteiger partial charge on any atom is 0.0139 e. The van der Waals surface area contributed by atoms with Crippen molar-refractivity contribution in [3.63, 3.8) is 0 Å². The first-order chi connectivity index (χ1) is 6.82. The summed E-state index contributed by atoms with van der Waals surface area (Å²) >= 11 is 0. The summed E-state index contributed by atoms with van der Waals surface area (Å²) < 4.78 is 0. The molecule has 1 heterocycles. The summed E-state index contributed by atoms with van der Waals surface area (Å²) in [6.07, 6.45) is 1.44. The Morgan fingerprint density at radius 2 is 1.87 bits per heavy atom. The molecule has 2 fully saturated rings. The molecular weight excluding hydrogens is 184 g/mol. The van der Waals surface area contributed by atoms with E-state index in [0.717, 1.165) is 23.9 Å². The molecule has 1 unspecified atom stereocenters. The zero-order valence-electron chi connectivity index (χ0n) is 11.1. The minimum Gasteiger partial charge on any atom is -0.309 e. The topological polar surface area (TPSA) is 6.48 Å². The normalized spacial score (nSPS) is 41.0. The van der Waals surface area contributed by atoms with Crippen molar-refractivity contribution >= 4 is 0 Å². The molecule has 0 aromatic rings. The van der Waals surface area contributed by atoms with Crippen molar-refractivity contribution in [1.82, 2.24) is 9.80 Å². The molecule has 88 valence electrons. The van der Waals surface area contributed by atoms with Crippen LogP contribution in [-0.4, -0.2) is 48.1 Å². The molecule has 15 heavy (non-hydrogen) atoms. The predicted molar refractivity (Wildman–Crippen MR) is 65.0 cm³/mol. The lowest BCUT2D eigenvalue weighted by Gasteiger charge is -2.40. The Balaban J connectivity index is 2.08. The van der Waals surface area contributed by atoms with Gasteiger partial charge in [0.05, 0.1) is 0 Å². The summed E-state index contributed by atoms with van der Waals surface area (Å²) in [5.74, 6) is 1.88. The highest BCUT2D eigenvalue weighted by molar-refractivity contribution is 5.12. The number of likely N-dealkylation sites (tertiary alicyclic amines) is 1. The average molecular weight is 210 g/mol. The van der Waals surface area contributed by atoms with E-state index in [4.69, 9.17) is 0 Å². The minimum absolute atomic E-state index is 0.347. The Kier molecular flexibility index (Phi) is 2.63. The third-order valence-electron chi connectivity index (χ3n) is 4.12. The predicted octanol–water partition coefficient (Wildman–Crippen LogP) is 2.06. The van der Waals surface area contributed by atoms with Crippen molar-refractivity contribution in [3.8, 4) is 0 Å². The molecule has 0 radical (unpaired) electrons. The molecule has 1 aliphatic heterocycles. The second-order valence-electron chi connectivity index (χ2n) is 6.71. The van der Waals surface area contributed by atoms with Crippen molar-refractivity contribution in [3.05, 3.63) is 0 Å². The summed E-state index contributed by atoms with van der Waals surface area (Å²) in [5.41, 5.74) is 0.347. The lowest BCUT2D eigenvalue weighted by molar-refractivity contribution is 0.0813. The molecule has 0 aromatic carbocycles. The fraction of sp³-hybridized carbons (Fsp3) is 1.00. The van der Waals surface area contributed by atoms with Crippen molar-refractivity contribution in [1.29, 1.82) is 0 Å². The molecule has 0 amide bonds. The minimum atomic E-state index is 0.347. The van der Waals surface area contributed by atoms with Crippen LogP contribution < -0.4 is 0 Å². The third kappa shape index (κ3) is 1.94. The standard InChI is InChI=1S/C13H26N2/c1-9-11(8-14(5)6)10-7-12(10)15(9)13(2,3)4/h9-12H,7-8H2,1-6H3/t9-,10-,11?,12-/m1/s1. The number of fused-ring (bicyclic) bond motifs is 1. The number of nitrogens with zero attached hydrogens (tertiary/aromatic N) is 2. The fourth-order valence-electron chi connectivity index (χ4n) is 3.66. The Hall–Kier alpha value is -0.0800. The van der Waals surface area contributed by atoms with Crippen LogP contribution in [-0.2, 0) is 0 Å². The van der Waals surface area contributed by atoms with Crippen LogP contribution in [0.25, 0.3) is 0 Å². The van der Waals surface area contributed by atoms with E-state index in [9.17, 15) is 0 Å². The van der Waals surface area contributed by atoms with Crippen LogP contribution >= 0.6 is 0 Å². The molecule has 1 aliphatic carbocycles. The summed E-state index contributed by atoms with van der Waals surface area (Å²) in [5, 5.41) is 0. The molecule has 1 saturated carbocycles. The van der Waals surface area contributed by atoms with E-state index in [-0.39, 0.29) is 0 Å². The smallest absolute Gasteiger partial charge is 0.0139 e. The lowest BCUT2D eigenvalue weighted by atomic mass is 9.95. The van der Waals surface area contributed by atoms with Crippen LogP contribution in [0.1, 0.15) is 34.1 Å². The third-order valence-corrected chi connectivity index (χ3v) is 4.12. The number of piperidine rings is 1. The van der Waals surface area contributed by atoms with E-state index < -0.39 is 0 Å². The second kappa shape index (κ2) is 3.46. The first kappa shape index (κ1) is 11.4. The zero-order chi connectivity index (χ0) is 11.4. The average Bonchev–Trinajstić information content (AvgIpc) is 2.72. The van der Waals surface area contributed by atoms with E-state index in [2.05, 4.69) is 51.6 Å². The lowest BCUT2D eigenvalue weighted by Crippen LogP contribution is -2.48. The number of rotatable bonds is 2. The largest absolute Gasteiger partial charge is 0.309 e. The van der Waals surface area contributed by atoms with Crippen LogP contribution in [0.2, 0.25) is 0 Å². The number of hydrogen-bond acceptors (Lipinski definition) is 2. The van der Waals surface area contributed by atoms with Gasteiger partial charge in [0.1, 0.15) is 0 Å². The van der Waals surface area contributed by atoms with Crippen molar-refractivity contribution in [2.45, 2.75) is 51.7 Å². The summed E-state index contributed by atoms with van der Waals surface area (Å²) in [6, 6.07) is 1.65. The Morgan fingerprint density at radius 3 is 2.27 bits per heavy atom. The van der Waals surface area contributed by atoms with Gasteiger partial charge in [-0.1, -0.05) is 0 Å². The summed E-state index contributed by atoms with van der Waals surface area (Å²) in [4.78, 5) is 5.11. The first-order valence-corrected chi connectivity index (χ1v) is 6.25. The Labute approximate surface area is 94.6 Å². The highest BCUT2D eigenvalue weighted by Crippen LogP contribution is 2.54. The van der Waals surface area contributed by atoms with Crippen LogP contribution in [0.5, 0.6) is 0 Å². The van der Waals surface area contributed by atoms with Crippen LogP contribution in [0, 0.1) is 11.8 Å². The van der Waals surface area contributed by atoms with Gasteiger partial charge >= 0.3 is 0 Å². The molecule has 1 saturated heterocycles. The molecule has 2 heteroatoms. The maximum atomic E-state index is 2.76. The zero-order valence-corrected chi connectivity index (χ0v) is 11.1. The second-order valence-corrected chi connectivity index (χ2v) is 6.71. The highest BCUT2D eigenvalue weighted by atomic mass is 15.3. The summed E-state index contributed by atoms with van der Waals surface area (Å²) in [6.45, 7) is 10.8. The van der Waals surface area contributed by atoms with Gasteiger partial charge < -0.3 is 4.90 Å². The molecule has 4 atom stereocenters. The SMILES string of the molecule is C[C@@H]1C(CN(C)C)[C@H]2C[C@H]2N1C(C)(C)C. The van der Waals surface area contributed by atoms with Gasteiger partial charge in [-0.2, -0.15) is 0 Å². The van der Waals surface area contributed by atoms with Gasteiger partial charge in [-0.05, 0) is 60.0 Å². The monoisotopic (exact) mass is 210 g/mol. The molecule has 0 N–H and O–H groups in total. The van der Waals surface area contributed by atoms with Gasteiger partial charge in [-0.25, -0.2) is 0 Å². The first-order valence-electron chi connectivity index (χ1n) is 6.25. The Bertz CT molecular complexity index is 241. The Morgan fingerprint density at radius 1 is 1.27 bits per heavy atom. The van der Waals surface area contributed by atoms with Crippen LogP contribution in [0.3, 0.4) is 0 Å². The molecule has 2 nitrogen and oxygen atoms in total. The van der Waals surface area contributed by atoms with Gasteiger partial charge in [-0.15, -0.1) is 0 Å². The van der Waals surface area contributed by atoms with E-state index in [0.29, 0.717) is 5.54 Å². The molecular formula is C13H26N2. The highest BCUT2D eigenvalue weighted by Gasteiger charge is 2.59. The van der Waals surface area contributed by atoms with E-state index in [1.54, 1.807) is 0 Å². The van der Waals surface area contributed by atoms with Crippen LogP contribution in [0.15, 0.2) is 0 Å². The molecule has 0 spiro atoms. The molecule has 0 aromatic heterocycles. The van der Waals surface area contributed by atoms with E-state index in [1.807, 2.05) is 0 Å². The van der Waals surface area contributed by atoms with Gasteiger partial charge in [0.15, 0.2) is 0 Å². The van der Waals surface area contributed by atoms with Crippen molar-refractivity contribution in [2.75, 3.05) is 20.6 Å². The maximum absolute atomic E-state index is 2.76. The fourth-order valence-corrected chi connectivity index (χ4v) is 3.66. The molecule has 0 bridgehead atoms. The molecule has 2 rings (SSSR count). The van der Waals surface area contributed by atoms with Gasteiger partial charge in [-0.3, -0.25) is 4.90 Å². The quantitative estimate of drug-likeness (QED) is 0.688. The van der Waals surface area contributed by atoms with Gasteiger partial charge in [0.25, 0.3) is 0 Å². The molecule has 2 aliphatic rings. The van der Waals surface area contributed by atoms with Crippen molar-refractivity contribution < 1.29 is 0 Å². The summed E-state index contributed by atoms with van der Waals surface area (Å²) in [7, 11) is 4.40.